The number of carbonyl (C=O) groups excluding carboxylic acids is 1. The molecule has 0 aliphatic carbocycles. The Labute approximate surface area is 119 Å². The van der Waals surface area contributed by atoms with Crippen LogP contribution in [0.5, 0.6) is 0 Å². The van der Waals surface area contributed by atoms with E-state index in [0.29, 0.717) is 19.6 Å². The lowest BCUT2D eigenvalue weighted by Gasteiger charge is -2.18. The predicted molar refractivity (Wildman–Crippen MR) is 79.9 cm³/mol. The molecule has 0 aromatic carbocycles. The van der Waals surface area contributed by atoms with Gasteiger partial charge in [0.05, 0.1) is 18.0 Å². The Morgan fingerprint density at radius 1 is 1.47 bits per heavy atom. The summed E-state index contributed by atoms with van der Waals surface area (Å²) >= 11 is 1.65. The van der Waals surface area contributed by atoms with Crippen molar-refractivity contribution in [2.45, 2.75) is 20.4 Å². The summed E-state index contributed by atoms with van der Waals surface area (Å²) in [5, 5.41) is 2.82. The van der Waals surface area contributed by atoms with E-state index in [1.54, 1.807) is 11.3 Å². The van der Waals surface area contributed by atoms with Gasteiger partial charge in [0.15, 0.2) is 0 Å². The normalized spacial score (nSPS) is 10.1. The molecule has 1 amide bonds. The van der Waals surface area contributed by atoms with Gasteiger partial charge in [0.2, 0.25) is 5.91 Å². The standard InChI is InChI=1S/C14H21N3OS/c1-3-16-14(18)11-17(4-2)10-13-8-7-12(19-13)6-5-9-15/h7-8H,3-4,9-11,15H2,1-2H3,(H,16,18). The summed E-state index contributed by atoms with van der Waals surface area (Å²) in [6, 6.07) is 4.06. The average molecular weight is 279 g/mol. The van der Waals surface area contributed by atoms with E-state index in [4.69, 9.17) is 5.73 Å². The molecule has 19 heavy (non-hydrogen) atoms. The number of hydrogen-bond donors (Lipinski definition) is 2. The highest BCUT2D eigenvalue weighted by molar-refractivity contribution is 7.12. The summed E-state index contributed by atoms with van der Waals surface area (Å²) in [6.45, 7) is 7.10. The van der Waals surface area contributed by atoms with E-state index in [1.807, 2.05) is 13.0 Å². The van der Waals surface area contributed by atoms with Crippen molar-refractivity contribution in [2.75, 3.05) is 26.2 Å². The number of nitrogens with zero attached hydrogens (tertiary/aromatic N) is 1. The molecule has 0 unspecified atom stereocenters. The first kappa shape index (κ1) is 15.7. The maximum Gasteiger partial charge on any atom is 0.234 e. The van der Waals surface area contributed by atoms with Crippen LogP contribution in [0, 0.1) is 11.8 Å². The van der Waals surface area contributed by atoms with Gasteiger partial charge in [-0.1, -0.05) is 18.8 Å². The van der Waals surface area contributed by atoms with E-state index >= 15 is 0 Å². The first-order chi connectivity index (χ1) is 9.19. The van der Waals surface area contributed by atoms with Gasteiger partial charge in [-0.2, -0.15) is 0 Å². The van der Waals surface area contributed by atoms with Gasteiger partial charge >= 0.3 is 0 Å². The van der Waals surface area contributed by atoms with Gasteiger partial charge in [0.25, 0.3) is 0 Å². The first-order valence-electron chi connectivity index (χ1n) is 6.46. The van der Waals surface area contributed by atoms with Crippen LogP contribution in [-0.4, -0.2) is 37.0 Å². The lowest BCUT2D eigenvalue weighted by molar-refractivity contribution is -0.122. The van der Waals surface area contributed by atoms with Crippen LogP contribution >= 0.6 is 11.3 Å². The molecule has 0 spiro atoms. The third-order valence-corrected chi connectivity index (χ3v) is 3.53. The van der Waals surface area contributed by atoms with Gasteiger partial charge in [-0.3, -0.25) is 9.69 Å². The Balaban J connectivity index is 2.55. The smallest absolute Gasteiger partial charge is 0.234 e. The summed E-state index contributed by atoms with van der Waals surface area (Å²) in [5.74, 6) is 5.94. The van der Waals surface area contributed by atoms with Crippen LogP contribution in [-0.2, 0) is 11.3 Å². The van der Waals surface area contributed by atoms with Crippen LogP contribution in [0.25, 0.3) is 0 Å². The van der Waals surface area contributed by atoms with Crippen molar-refractivity contribution in [3.63, 3.8) is 0 Å². The molecule has 0 saturated carbocycles. The summed E-state index contributed by atoms with van der Waals surface area (Å²) in [5.41, 5.74) is 5.35. The van der Waals surface area contributed by atoms with Crippen molar-refractivity contribution in [3.8, 4) is 11.8 Å². The van der Waals surface area contributed by atoms with E-state index < -0.39 is 0 Å². The topological polar surface area (TPSA) is 58.4 Å². The highest BCUT2D eigenvalue weighted by Gasteiger charge is 2.10. The van der Waals surface area contributed by atoms with Gasteiger partial charge in [-0.25, -0.2) is 0 Å². The van der Waals surface area contributed by atoms with Gasteiger partial charge in [0, 0.05) is 18.0 Å². The minimum Gasteiger partial charge on any atom is -0.355 e. The van der Waals surface area contributed by atoms with Crippen molar-refractivity contribution in [1.29, 1.82) is 0 Å². The minimum atomic E-state index is 0.0732. The second-order valence-corrected chi connectivity index (χ2v) is 5.20. The number of nitrogens with two attached hydrogens (primary N) is 1. The van der Waals surface area contributed by atoms with Gasteiger partial charge in [-0.15, -0.1) is 11.3 Å². The molecular weight excluding hydrogens is 258 g/mol. The van der Waals surface area contributed by atoms with Gasteiger partial charge < -0.3 is 11.1 Å². The number of amides is 1. The molecule has 5 heteroatoms. The second kappa shape index (κ2) is 8.70. The molecule has 3 N–H and O–H groups in total. The molecule has 104 valence electrons. The minimum absolute atomic E-state index is 0.0732. The summed E-state index contributed by atoms with van der Waals surface area (Å²) in [6.07, 6.45) is 0. The largest absolute Gasteiger partial charge is 0.355 e. The Kier molecular flexibility index (Phi) is 7.19. The lowest BCUT2D eigenvalue weighted by Crippen LogP contribution is -2.36. The zero-order chi connectivity index (χ0) is 14.1. The van der Waals surface area contributed by atoms with E-state index in [9.17, 15) is 4.79 Å². The number of nitrogens with one attached hydrogen (secondary N) is 1. The molecule has 0 aliphatic rings. The maximum atomic E-state index is 11.6. The molecule has 0 atom stereocenters. The zero-order valence-electron chi connectivity index (χ0n) is 11.5. The Hall–Kier alpha value is -1.35. The molecule has 1 heterocycles. The fourth-order valence-corrected chi connectivity index (χ4v) is 2.55. The summed E-state index contributed by atoms with van der Waals surface area (Å²) in [7, 11) is 0. The molecule has 4 nitrogen and oxygen atoms in total. The van der Waals surface area contributed by atoms with Crippen molar-refractivity contribution in [2.24, 2.45) is 5.73 Å². The van der Waals surface area contributed by atoms with E-state index in [-0.39, 0.29) is 5.91 Å². The van der Waals surface area contributed by atoms with Crippen LogP contribution in [0.1, 0.15) is 23.6 Å². The Morgan fingerprint density at radius 3 is 2.89 bits per heavy atom. The molecule has 0 saturated heterocycles. The Bertz CT molecular complexity index is 459. The molecule has 0 aliphatic heterocycles. The Morgan fingerprint density at radius 2 is 2.26 bits per heavy atom. The maximum absolute atomic E-state index is 11.6. The molecular formula is C14H21N3OS. The SMILES string of the molecule is CCNC(=O)CN(CC)Cc1ccc(C#CCN)s1. The zero-order valence-corrected chi connectivity index (χ0v) is 12.3. The van der Waals surface area contributed by atoms with Crippen molar-refractivity contribution < 1.29 is 4.79 Å². The summed E-state index contributed by atoms with van der Waals surface area (Å²) in [4.78, 5) is 15.9. The number of hydrogen-bond acceptors (Lipinski definition) is 4. The van der Waals surface area contributed by atoms with Crippen LogP contribution in [0.4, 0.5) is 0 Å². The quantitative estimate of drug-likeness (QED) is 0.764. The van der Waals surface area contributed by atoms with E-state index in [0.717, 1.165) is 18.0 Å². The highest BCUT2D eigenvalue weighted by Crippen LogP contribution is 2.17. The van der Waals surface area contributed by atoms with Crippen molar-refractivity contribution >= 4 is 17.2 Å². The number of rotatable bonds is 6. The number of thiophene rings is 1. The molecule has 1 aromatic rings. The van der Waals surface area contributed by atoms with Crippen molar-refractivity contribution in [1.82, 2.24) is 10.2 Å². The van der Waals surface area contributed by atoms with Crippen LogP contribution in [0.2, 0.25) is 0 Å². The lowest BCUT2D eigenvalue weighted by atomic mass is 10.3. The molecule has 0 radical (unpaired) electrons. The van der Waals surface area contributed by atoms with E-state index in [1.165, 1.54) is 4.88 Å². The molecule has 1 aromatic heterocycles. The number of carbonyl (C=O) groups is 1. The molecule has 0 fully saturated rings. The third-order valence-electron chi connectivity index (χ3n) is 2.54. The number of likely N-dealkylation sites (N-methyl/N-ethyl adjacent to an activating group) is 2. The fraction of sp³-hybridized carbons (Fsp3) is 0.500. The second-order valence-electron chi connectivity index (χ2n) is 4.03. The monoisotopic (exact) mass is 279 g/mol. The predicted octanol–water partition coefficient (Wildman–Crippen LogP) is 1.02. The summed E-state index contributed by atoms with van der Waals surface area (Å²) < 4.78 is 0. The molecule has 1 rings (SSSR count). The average Bonchev–Trinajstić information content (AvgIpc) is 2.83. The fourth-order valence-electron chi connectivity index (χ4n) is 1.62. The third kappa shape index (κ3) is 5.88. The van der Waals surface area contributed by atoms with Gasteiger partial charge in [0.1, 0.15) is 0 Å². The van der Waals surface area contributed by atoms with E-state index in [2.05, 4.69) is 35.0 Å². The first-order valence-corrected chi connectivity index (χ1v) is 7.27. The van der Waals surface area contributed by atoms with Crippen LogP contribution in [0.15, 0.2) is 12.1 Å². The molecule has 0 bridgehead atoms. The van der Waals surface area contributed by atoms with Gasteiger partial charge in [-0.05, 0) is 25.6 Å². The highest BCUT2D eigenvalue weighted by atomic mass is 32.1. The van der Waals surface area contributed by atoms with Crippen LogP contribution in [0.3, 0.4) is 0 Å². The van der Waals surface area contributed by atoms with Crippen molar-refractivity contribution in [3.05, 3.63) is 21.9 Å². The van der Waals surface area contributed by atoms with Crippen LogP contribution < -0.4 is 11.1 Å².